The van der Waals surface area contributed by atoms with Crippen molar-refractivity contribution in [1.82, 2.24) is 14.5 Å². The van der Waals surface area contributed by atoms with E-state index in [2.05, 4.69) is 4.98 Å². The Bertz CT molecular complexity index is 1000. The molecular weight excluding hydrogens is 388 g/mol. The molecule has 2 aromatic carbocycles. The molecule has 0 aliphatic carbocycles. The summed E-state index contributed by atoms with van der Waals surface area (Å²) < 4.78 is 1.52. The van der Waals surface area contributed by atoms with Gasteiger partial charge in [0.1, 0.15) is 0 Å². The van der Waals surface area contributed by atoms with Gasteiger partial charge in [0.2, 0.25) is 5.91 Å². The SMILES string of the molecule is Cc1cccc2c(=O)n(CCC(=O)N(CCCN)Cc3ccccc3)cnc12.Cl. The summed E-state index contributed by atoms with van der Waals surface area (Å²) in [6, 6.07) is 15.4. The van der Waals surface area contributed by atoms with Gasteiger partial charge < -0.3 is 10.6 Å². The van der Waals surface area contributed by atoms with Crippen LogP contribution in [0.4, 0.5) is 0 Å². The van der Waals surface area contributed by atoms with Crippen LogP contribution in [0.5, 0.6) is 0 Å². The maximum Gasteiger partial charge on any atom is 0.261 e. The number of hydrogen-bond donors (Lipinski definition) is 1. The molecule has 3 rings (SSSR count). The monoisotopic (exact) mass is 414 g/mol. The molecule has 7 heteroatoms. The summed E-state index contributed by atoms with van der Waals surface area (Å²) in [6.45, 7) is 3.92. The van der Waals surface area contributed by atoms with Gasteiger partial charge >= 0.3 is 0 Å². The lowest BCUT2D eigenvalue weighted by Gasteiger charge is -2.23. The maximum absolute atomic E-state index is 12.8. The Morgan fingerprint density at radius 1 is 1.14 bits per heavy atom. The van der Waals surface area contributed by atoms with Gasteiger partial charge in [-0.2, -0.15) is 0 Å². The molecule has 0 spiro atoms. The number of aromatic nitrogens is 2. The molecule has 0 fully saturated rings. The minimum Gasteiger partial charge on any atom is -0.338 e. The van der Waals surface area contributed by atoms with E-state index in [0.29, 0.717) is 37.1 Å². The van der Waals surface area contributed by atoms with E-state index in [1.165, 1.54) is 10.9 Å². The second-order valence-corrected chi connectivity index (χ2v) is 6.91. The van der Waals surface area contributed by atoms with Crippen LogP contribution >= 0.6 is 12.4 Å². The second-order valence-electron chi connectivity index (χ2n) is 6.91. The van der Waals surface area contributed by atoms with E-state index in [1.807, 2.05) is 54.3 Å². The van der Waals surface area contributed by atoms with Crippen LogP contribution < -0.4 is 11.3 Å². The molecule has 1 aromatic heterocycles. The molecule has 0 radical (unpaired) electrons. The van der Waals surface area contributed by atoms with Crippen LogP contribution in [-0.2, 0) is 17.9 Å². The number of rotatable bonds is 8. The highest BCUT2D eigenvalue weighted by Crippen LogP contribution is 2.12. The van der Waals surface area contributed by atoms with E-state index >= 15 is 0 Å². The smallest absolute Gasteiger partial charge is 0.261 e. The minimum atomic E-state index is -0.113. The standard InChI is InChI=1S/C22H26N4O2.ClH/c1-17-7-5-10-19-21(17)24-16-26(22(19)28)14-11-20(27)25(13-6-12-23)15-18-8-3-2-4-9-18;/h2-5,7-10,16H,6,11-15,23H2,1H3;1H. The molecule has 154 valence electrons. The number of halogens is 1. The highest BCUT2D eigenvalue weighted by Gasteiger charge is 2.14. The second kappa shape index (κ2) is 10.7. The van der Waals surface area contributed by atoms with Gasteiger partial charge in [0.25, 0.3) is 5.56 Å². The summed E-state index contributed by atoms with van der Waals surface area (Å²) >= 11 is 0. The van der Waals surface area contributed by atoms with Crippen molar-refractivity contribution in [2.45, 2.75) is 32.9 Å². The third kappa shape index (κ3) is 5.65. The molecular formula is C22H27ClN4O2. The zero-order valence-corrected chi connectivity index (χ0v) is 17.4. The van der Waals surface area contributed by atoms with Crippen molar-refractivity contribution in [2.24, 2.45) is 5.73 Å². The summed E-state index contributed by atoms with van der Waals surface area (Å²) in [6.07, 6.45) is 2.53. The number of para-hydroxylation sites is 1. The van der Waals surface area contributed by atoms with Gasteiger partial charge in [-0.15, -0.1) is 12.4 Å². The van der Waals surface area contributed by atoms with E-state index in [4.69, 9.17) is 5.73 Å². The predicted octanol–water partition coefficient (Wildman–Crippen LogP) is 2.89. The van der Waals surface area contributed by atoms with Crippen molar-refractivity contribution in [1.29, 1.82) is 0 Å². The van der Waals surface area contributed by atoms with Crippen LogP contribution in [0.2, 0.25) is 0 Å². The van der Waals surface area contributed by atoms with Crippen LogP contribution in [0.25, 0.3) is 10.9 Å². The molecule has 29 heavy (non-hydrogen) atoms. The van der Waals surface area contributed by atoms with Gasteiger partial charge in [-0.1, -0.05) is 42.5 Å². The fourth-order valence-corrected chi connectivity index (χ4v) is 3.25. The molecule has 3 aromatic rings. The number of fused-ring (bicyclic) bond motifs is 1. The third-order valence-corrected chi connectivity index (χ3v) is 4.82. The van der Waals surface area contributed by atoms with Crippen LogP contribution in [-0.4, -0.2) is 33.4 Å². The number of amides is 1. The van der Waals surface area contributed by atoms with Crippen molar-refractivity contribution < 1.29 is 4.79 Å². The van der Waals surface area contributed by atoms with E-state index in [0.717, 1.165) is 17.5 Å². The summed E-state index contributed by atoms with van der Waals surface area (Å²) in [5.74, 6) is 0.00791. The maximum atomic E-state index is 12.8. The highest BCUT2D eigenvalue weighted by molar-refractivity contribution is 5.85. The Morgan fingerprint density at radius 3 is 2.62 bits per heavy atom. The fraction of sp³-hybridized carbons (Fsp3) is 0.318. The van der Waals surface area contributed by atoms with Crippen LogP contribution in [0.3, 0.4) is 0 Å². The minimum absolute atomic E-state index is 0. The quantitative estimate of drug-likeness (QED) is 0.614. The molecule has 1 amide bonds. The largest absolute Gasteiger partial charge is 0.338 e. The van der Waals surface area contributed by atoms with Gasteiger partial charge in [0.15, 0.2) is 0 Å². The molecule has 0 unspecified atom stereocenters. The highest BCUT2D eigenvalue weighted by atomic mass is 35.5. The zero-order chi connectivity index (χ0) is 19.9. The van der Waals surface area contributed by atoms with E-state index in [-0.39, 0.29) is 30.3 Å². The zero-order valence-electron chi connectivity index (χ0n) is 16.6. The number of nitrogens with two attached hydrogens (primary N) is 1. The number of benzene rings is 2. The Kier molecular flexibility index (Phi) is 8.36. The van der Waals surface area contributed by atoms with E-state index in [1.54, 1.807) is 6.07 Å². The van der Waals surface area contributed by atoms with Gasteiger partial charge in [-0.25, -0.2) is 4.98 Å². The molecule has 1 heterocycles. The molecule has 0 aliphatic rings. The first-order chi connectivity index (χ1) is 13.6. The number of nitrogens with zero attached hydrogens (tertiary/aromatic N) is 3. The first-order valence-corrected chi connectivity index (χ1v) is 9.56. The van der Waals surface area contributed by atoms with Crippen LogP contribution in [0.1, 0.15) is 24.0 Å². The van der Waals surface area contributed by atoms with Gasteiger partial charge in [0, 0.05) is 26.1 Å². The third-order valence-electron chi connectivity index (χ3n) is 4.82. The molecule has 0 bridgehead atoms. The van der Waals surface area contributed by atoms with Crippen molar-refractivity contribution in [3.63, 3.8) is 0 Å². The van der Waals surface area contributed by atoms with Gasteiger partial charge in [-0.05, 0) is 37.1 Å². The molecule has 6 nitrogen and oxygen atoms in total. The average molecular weight is 415 g/mol. The topological polar surface area (TPSA) is 81.2 Å². The first-order valence-electron chi connectivity index (χ1n) is 9.56. The number of carbonyl (C=O) groups excluding carboxylic acids is 1. The summed E-state index contributed by atoms with van der Waals surface area (Å²) in [7, 11) is 0. The lowest BCUT2D eigenvalue weighted by molar-refractivity contribution is -0.132. The van der Waals surface area contributed by atoms with Crippen molar-refractivity contribution in [2.75, 3.05) is 13.1 Å². The van der Waals surface area contributed by atoms with Crippen molar-refractivity contribution in [3.8, 4) is 0 Å². The lowest BCUT2D eigenvalue weighted by atomic mass is 10.1. The van der Waals surface area contributed by atoms with E-state index in [9.17, 15) is 9.59 Å². The molecule has 0 aliphatic heterocycles. The van der Waals surface area contributed by atoms with Crippen molar-refractivity contribution >= 4 is 29.2 Å². The number of hydrogen-bond acceptors (Lipinski definition) is 4. The normalized spacial score (nSPS) is 10.6. The average Bonchev–Trinajstić information content (AvgIpc) is 2.71. The van der Waals surface area contributed by atoms with Crippen LogP contribution in [0, 0.1) is 6.92 Å². The number of aryl methyl sites for hydroxylation is 2. The molecule has 0 saturated carbocycles. The Balaban J connectivity index is 0.00000300. The molecule has 2 N–H and O–H groups in total. The van der Waals surface area contributed by atoms with Crippen molar-refractivity contribution in [3.05, 3.63) is 76.3 Å². The summed E-state index contributed by atoms with van der Waals surface area (Å²) in [4.78, 5) is 31.7. The Labute approximate surface area is 176 Å². The lowest BCUT2D eigenvalue weighted by Crippen LogP contribution is -2.34. The summed E-state index contributed by atoms with van der Waals surface area (Å²) in [5, 5.41) is 0.583. The van der Waals surface area contributed by atoms with E-state index < -0.39 is 0 Å². The predicted molar refractivity (Wildman–Crippen MR) is 118 cm³/mol. The summed E-state index contributed by atoms with van der Waals surface area (Å²) in [5.41, 5.74) is 8.27. The van der Waals surface area contributed by atoms with Gasteiger partial charge in [0.05, 0.1) is 17.2 Å². The molecule has 0 atom stereocenters. The van der Waals surface area contributed by atoms with Crippen LogP contribution in [0.15, 0.2) is 59.7 Å². The fourth-order valence-electron chi connectivity index (χ4n) is 3.25. The number of carbonyl (C=O) groups is 1. The van der Waals surface area contributed by atoms with Gasteiger partial charge in [-0.3, -0.25) is 14.2 Å². The Morgan fingerprint density at radius 2 is 1.90 bits per heavy atom. The first kappa shape index (κ1) is 22.6. The Hall–Kier alpha value is -2.70. The molecule has 0 saturated heterocycles.